The molecule has 102 valence electrons. The second-order valence-corrected chi connectivity index (χ2v) is 4.88. The first-order valence-corrected chi connectivity index (χ1v) is 6.70. The van der Waals surface area contributed by atoms with Crippen molar-refractivity contribution >= 4 is 0 Å². The van der Waals surface area contributed by atoms with E-state index >= 15 is 0 Å². The van der Waals surface area contributed by atoms with E-state index in [-0.39, 0.29) is 6.04 Å². The number of rotatable bonds is 6. The molecule has 0 saturated carbocycles. The number of nitrogens with zero attached hydrogens (tertiary/aromatic N) is 3. The molecule has 0 aliphatic heterocycles. The lowest BCUT2D eigenvalue weighted by Gasteiger charge is -2.22. The number of aromatic nitrogens is 2. The van der Waals surface area contributed by atoms with Crippen LogP contribution in [0.5, 0.6) is 0 Å². The Bertz CT molecular complexity index is 490. The smallest absolute Gasteiger partial charge is 0.0649 e. The minimum Gasteiger partial charge on any atom is -0.308 e. The summed E-state index contributed by atoms with van der Waals surface area (Å²) in [6.45, 7) is 4.02. The third kappa shape index (κ3) is 3.43. The van der Waals surface area contributed by atoms with Crippen LogP contribution in [-0.2, 0) is 0 Å². The van der Waals surface area contributed by atoms with Crippen molar-refractivity contribution in [2.45, 2.75) is 13.0 Å². The van der Waals surface area contributed by atoms with Crippen LogP contribution in [-0.4, -0.2) is 41.9 Å². The van der Waals surface area contributed by atoms with Gasteiger partial charge in [0, 0.05) is 12.7 Å². The van der Waals surface area contributed by atoms with E-state index in [2.05, 4.69) is 54.5 Å². The predicted octanol–water partition coefficient (Wildman–Crippen LogP) is 2.08. The molecule has 0 bridgehead atoms. The van der Waals surface area contributed by atoms with Crippen LogP contribution in [0.2, 0.25) is 0 Å². The van der Waals surface area contributed by atoms with Gasteiger partial charge in [0.25, 0.3) is 0 Å². The van der Waals surface area contributed by atoms with Gasteiger partial charge < -0.3 is 10.2 Å². The fourth-order valence-corrected chi connectivity index (χ4v) is 2.24. The Balaban J connectivity index is 2.31. The maximum absolute atomic E-state index is 4.46. The monoisotopic (exact) mass is 258 g/mol. The van der Waals surface area contributed by atoms with E-state index < -0.39 is 0 Å². The van der Waals surface area contributed by atoms with Crippen LogP contribution >= 0.6 is 0 Å². The molecule has 2 aromatic rings. The Labute approximate surface area is 115 Å². The fraction of sp³-hybridized carbons (Fsp3) is 0.400. The van der Waals surface area contributed by atoms with Crippen LogP contribution in [0.25, 0.3) is 5.69 Å². The van der Waals surface area contributed by atoms with Crippen molar-refractivity contribution < 1.29 is 0 Å². The van der Waals surface area contributed by atoms with Gasteiger partial charge in [-0.15, -0.1) is 0 Å². The SMILES string of the molecule is CCNC(CN(C)C)c1ccnn1-c1ccccc1. The first-order chi connectivity index (χ1) is 9.22. The van der Waals surface area contributed by atoms with Crippen molar-refractivity contribution in [3.8, 4) is 5.69 Å². The van der Waals surface area contributed by atoms with Gasteiger partial charge in [-0.05, 0) is 38.8 Å². The van der Waals surface area contributed by atoms with Gasteiger partial charge in [0.15, 0.2) is 0 Å². The third-order valence-corrected chi connectivity index (χ3v) is 3.03. The van der Waals surface area contributed by atoms with Gasteiger partial charge in [-0.2, -0.15) is 5.10 Å². The molecule has 19 heavy (non-hydrogen) atoms. The van der Waals surface area contributed by atoms with Gasteiger partial charge in [0.2, 0.25) is 0 Å². The zero-order valence-corrected chi connectivity index (χ0v) is 11.9. The molecule has 1 aromatic heterocycles. The summed E-state index contributed by atoms with van der Waals surface area (Å²) in [4.78, 5) is 2.19. The van der Waals surface area contributed by atoms with Crippen LogP contribution in [0.4, 0.5) is 0 Å². The fourth-order valence-electron chi connectivity index (χ4n) is 2.24. The molecule has 4 heteroatoms. The van der Waals surface area contributed by atoms with Crippen molar-refractivity contribution in [3.63, 3.8) is 0 Å². The van der Waals surface area contributed by atoms with Gasteiger partial charge in [0.05, 0.1) is 17.4 Å². The maximum atomic E-state index is 4.46. The Morgan fingerprint density at radius 3 is 2.58 bits per heavy atom. The van der Waals surface area contributed by atoms with Gasteiger partial charge >= 0.3 is 0 Å². The van der Waals surface area contributed by atoms with E-state index in [1.54, 1.807) is 0 Å². The quantitative estimate of drug-likeness (QED) is 0.861. The Morgan fingerprint density at radius 2 is 1.95 bits per heavy atom. The molecule has 0 amide bonds. The number of hydrogen-bond acceptors (Lipinski definition) is 3. The first kappa shape index (κ1) is 13.8. The maximum Gasteiger partial charge on any atom is 0.0649 e. The van der Waals surface area contributed by atoms with Gasteiger partial charge in [-0.3, -0.25) is 0 Å². The highest BCUT2D eigenvalue weighted by Crippen LogP contribution is 2.17. The van der Waals surface area contributed by atoms with E-state index in [0.717, 1.165) is 18.8 Å². The normalized spacial score (nSPS) is 12.8. The van der Waals surface area contributed by atoms with E-state index in [9.17, 15) is 0 Å². The van der Waals surface area contributed by atoms with Gasteiger partial charge in [-0.1, -0.05) is 25.1 Å². The second-order valence-electron chi connectivity index (χ2n) is 4.88. The molecule has 1 aromatic carbocycles. The molecular formula is C15H22N4. The molecule has 4 nitrogen and oxygen atoms in total. The highest BCUT2D eigenvalue weighted by atomic mass is 15.3. The number of nitrogens with one attached hydrogen (secondary N) is 1. The lowest BCUT2D eigenvalue weighted by atomic mass is 10.2. The molecule has 0 fully saturated rings. The summed E-state index contributed by atoms with van der Waals surface area (Å²) < 4.78 is 2.01. The highest BCUT2D eigenvalue weighted by Gasteiger charge is 2.16. The first-order valence-electron chi connectivity index (χ1n) is 6.70. The Hall–Kier alpha value is -1.65. The highest BCUT2D eigenvalue weighted by molar-refractivity contribution is 5.33. The second kappa shape index (κ2) is 6.50. The summed E-state index contributed by atoms with van der Waals surface area (Å²) in [6.07, 6.45) is 1.86. The molecule has 1 unspecified atom stereocenters. The summed E-state index contributed by atoms with van der Waals surface area (Å²) >= 11 is 0. The zero-order chi connectivity index (χ0) is 13.7. The van der Waals surface area contributed by atoms with Crippen LogP contribution in [0.3, 0.4) is 0 Å². The molecule has 0 radical (unpaired) electrons. The molecule has 2 rings (SSSR count). The molecule has 1 N–H and O–H groups in total. The molecule has 0 aliphatic rings. The molecule has 1 atom stereocenters. The summed E-state index contributed by atoms with van der Waals surface area (Å²) in [5, 5.41) is 7.98. The number of benzene rings is 1. The summed E-state index contributed by atoms with van der Waals surface area (Å²) in [7, 11) is 4.18. The average Bonchev–Trinajstić information content (AvgIpc) is 2.88. The zero-order valence-electron chi connectivity index (χ0n) is 11.9. The molecule has 0 aliphatic carbocycles. The van der Waals surface area contributed by atoms with Crippen LogP contribution < -0.4 is 5.32 Å². The van der Waals surface area contributed by atoms with E-state index in [1.807, 2.05) is 29.1 Å². The van der Waals surface area contributed by atoms with Crippen molar-refractivity contribution in [3.05, 3.63) is 48.3 Å². The number of hydrogen-bond donors (Lipinski definition) is 1. The third-order valence-electron chi connectivity index (χ3n) is 3.03. The molecule has 0 spiro atoms. The van der Waals surface area contributed by atoms with Crippen molar-refractivity contribution in [2.24, 2.45) is 0 Å². The minimum atomic E-state index is 0.280. The Morgan fingerprint density at radius 1 is 1.21 bits per heavy atom. The molecule has 0 saturated heterocycles. The van der Waals surface area contributed by atoms with E-state index in [1.165, 1.54) is 5.69 Å². The van der Waals surface area contributed by atoms with Crippen molar-refractivity contribution in [1.82, 2.24) is 20.0 Å². The number of likely N-dealkylation sites (N-methyl/N-ethyl adjacent to an activating group) is 2. The summed E-state index contributed by atoms with van der Waals surface area (Å²) in [5.74, 6) is 0. The average molecular weight is 258 g/mol. The lowest BCUT2D eigenvalue weighted by molar-refractivity contribution is 0.338. The largest absolute Gasteiger partial charge is 0.308 e. The standard InChI is InChI=1S/C15H22N4/c1-4-16-14(12-18(2)3)15-10-11-17-19(15)13-8-6-5-7-9-13/h5-11,14,16H,4,12H2,1-3H3. The molecule has 1 heterocycles. The predicted molar refractivity (Wildman–Crippen MR) is 78.5 cm³/mol. The van der Waals surface area contributed by atoms with E-state index in [4.69, 9.17) is 0 Å². The topological polar surface area (TPSA) is 33.1 Å². The van der Waals surface area contributed by atoms with Crippen LogP contribution in [0, 0.1) is 0 Å². The van der Waals surface area contributed by atoms with Crippen LogP contribution in [0.1, 0.15) is 18.7 Å². The molecular weight excluding hydrogens is 236 g/mol. The van der Waals surface area contributed by atoms with Crippen molar-refractivity contribution in [1.29, 1.82) is 0 Å². The Kier molecular flexibility index (Phi) is 4.71. The van der Waals surface area contributed by atoms with Gasteiger partial charge in [0.1, 0.15) is 0 Å². The minimum absolute atomic E-state index is 0.280. The number of para-hydroxylation sites is 1. The lowest BCUT2D eigenvalue weighted by Crippen LogP contribution is -2.32. The summed E-state index contributed by atoms with van der Waals surface area (Å²) in [5.41, 5.74) is 2.30. The van der Waals surface area contributed by atoms with E-state index in [0.29, 0.717) is 0 Å². The van der Waals surface area contributed by atoms with Crippen molar-refractivity contribution in [2.75, 3.05) is 27.2 Å². The summed E-state index contributed by atoms with van der Waals surface area (Å²) in [6, 6.07) is 12.6. The van der Waals surface area contributed by atoms with Gasteiger partial charge in [-0.25, -0.2) is 4.68 Å². The van der Waals surface area contributed by atoms with Crippen LogP contribution in [0.15, 0.2) is 42.6 Å².